The molecule has 0 unspecified atom stereocenters. The van der Waals surface area contributed by atoms with Crippen LogP contribution < -0.4 is 10.2 Å². The molecule has 0 aliphatic carbocycles. The molecule has 5 N–H and O–H groups in total. The second kappa shape index (κ2) is 13.3. The van der Waals surface area contributed by atoms with Crippen molar-refractivity contribution in [3.05, 3.63) is 131 Å². The molecule has 0 saturated heterocycles. The summed E-state index contributed by atoms with van der Waals surface area (Å²) in [7, 11) is 4.15. The zero-order valence-electron chi connectivity index (χ0n) is 26.4. The van der Waals surface area contributed by atoms with Gasteiger partial charge in [-0.05, 0) is 83.0 Å². The SMILES string of the molecule is CNCCC1=Cc2ccccc2N(C)c2ccccc21.O=C(O)c1cc2ccccc2c(-c2c(O)c(C(=O)O)cc3ccccc23)c1O. The van der Waals surface area contributed by atoms with Crippen molar-refractivity contribution < 1.29 is 30.0 Å². The van der Waals surface area contributed by atoms with Crippen LogP contribution in [0.3, 0.4) is 0 Å². The summed E-state index contributed by atoms with van der Waals surface area (Å²) in [6.07, 6.45) is 3.37. The highest BCUT2D eigenvalue weighted by molar-refractivity contribution is 6.15. The molecule has 0 fully saturated rings. The molecule has 48 heavy (non-hydrogen) atoms. The molecule has 8 heteroatoms. The van der Waals surface area contributed by atoms with Crippen LogP contribution in [0.25, 0.3) is 44.3 Å². The van der Waals surface area contributed by atoms with Crippen molar-refractivity contribution in [1.29, 1.82) is 0 Å². The number of rotatable bonds is 6. The van der Waals surface area contributed by atoms with Crippen LogP contribution in [0, 0.1) is 0 Å². The molecule has 0 amide bonds. The number of benzene rings is 6. The van der Waals surface area contributed by atoms with E-state index in [0.717, 1.165) is 13.0 Å². The van der Waals surface area contributed by atoms with Gasteiger partial charge in [0.15, 0.2) is 0 Å². The Balaban J connectivity index is 0.000000177. The van der Waals surface area contributed by atoms with Crippen molar-refractivity contribution in [2.75, 3.05) is 25.5 Å². The predicted molar refractivity (Wildman–Crippen MR) is 191 cm³/mol. The van der Waals surface area contributed by atoms with Crippen molar-refractivity contribution in [2.45, 2.75) is 6.42 Å². The number of aromatic hydroxyl groups is 2. The van der Waals surface area contributed by atoms with Crippen LogP contribution in [0.4, 0.5) is 11.4 Å². The van der Waals surface area contributed by atoms with E-state index in [1.54, 1.807) is 48.5 Å². The highest BCUT2D eigenvalue weighted by Crippen LogP contribution is 2.47. The smallest absolute Gasteiger partial charge is 0.339 e. The van der Waals surface area contributed by atoms with Crippen molar-refractivity contribution in [3.63, 3.8) is 0 Å². The standard InChI is InChI=1S/C22H14O6.C18H20N2/c23-19-15(21(25)26)9-11-5-1-3-7-13(11)17(19)18-14-8-4-2-6-12(14)10-16(20(18)24)22(27)28;1-19-12-11-14-13-15-7-3-5-9-17(15)20(2)18-10-6-4-8-16(14)18/h1-10,23-24H,(H,25,26)(H,27,28);3-10,13,19H,11-12H2,1-2H3. The van der Waals surface area contributed by atoms with Crippen molar-refractivity contribution in [1.82, 2.24) is 5.32 Å². The number of nitrogens with one attached hydrogen (secondary N) is 1. The van der Waals surface area contributed by atoms with Crippen LogP contribution in [0.1, 0.15) is 38.3 Å². The van der Waals surface area contributed by atoms with Gasteiger partial charge in [0.05, 0.1) is 0 Å². The fourth-order valence-electron chi connectivity index (χ4n) is 6.32. The third-order valence-corrected chi connectivity index (χ3v) is 8.64. The molecule has 0 spiro atoms. The Kier molecular flexibility index (Phi) is 8.83. The highest BCUT2D eigenvalue weighted by Gasteiger charge is 2.25. The lowest BCUT2D eigenvalue weighted by Gasteiger charge is -2.22. The average Bonchev–Trinajstić information content (AvgIpc) is 3.21. The summed E-state index contributed by atoms with van der Waals surface area (Å²) >= 11 is 0. The normalized spacial score (nSPS) is 12.0. The Morgan fingerprint density at radius 2 is 1.15 bits per heavy atom. The molecule has 0 aromatic heterocycles. The molecule has 1 heterocycles. The number of hydrogen-bond donors (Lipinski definition) is 5. The van der Waals surface area contributed by atoms with E-state index < -0.39 is 23.4 Å². The molecule has 0 radical (unpaired) electrons. The fourth-order valence-corrected chi connectivity index (χ4v) is 6.32. The van der Waals surface area contributed by atoms with E-state index in [-0.39, 0.29) is 22.3 Å². The van der Waals surface area contributed by atoms with E-state index in [0.29, 0.717) is 21.5 Å². The number of fused-ring (bicyclic) bond motifs is 4. The van der Waals surface area contributed by atoms with Crippen LogP contribution in [-0.2, 0) is 0 Å². The summed E-state index contributed by atoms with van der Waals surface area (Å²) in [5.74, 6) is -3.73. The Labute approximate surface area is 277 Å². The number of carbonyl (C=O) groups is 2. The second-order valence-corrected chi connectivity index (χ2v) is 11.5. The van der Waals surface area contributed by atoms with Crippen LogP contribution in [0.2, 0.25) is 0 Å². The van der Waals surface area contributed by atoms with Crippen LogP contribution in [0.15, 0.2) is 109 Å². The lowest BCUT2D eigenvalue weighted by atomic mass is 9.89. The van der Waals surface area contributed by atoms with Gasteiger partial charge in [-0.2, -0.15) is 0 Å². The number of nitrogens with zero attached hydrogens (tertiary/aromatic N) is 1. The molecule has 0 atom stereocenters. The molecular formula is C40H34N2O6. The largest absolute Gasteiger partial charge is 0.506 e. The summed E-state index contributed by atoms with van der Waals surface area (Å²) in [4.78, 5) is 25.6. The molecule has 240 valence electrons. The van der Waals surface area contributed by atoms with E-state index in [4.69, 9.17) is 0 Å². The molecule has 6 aromatic rings. The van der Waals surface area contributed by atoms with Crippen LogP contribution in [0.5, 0.6) is 11.5 Å². The van der Waals surface area contributed by atoms with E-state index in [9.17, 15) is 30.0 Å². The van der Waals surface area contributed by atoms with Gasteiger partial charge < -0.3 is 30.6 Å². The van der Waals surface area contributed by atoms with Gasteiger partial charge in [0.2, 0.25) is 0 Å². The molecule has 0 bridgehead atoms. The third-order valence-electron chi connectivity index (χ3n) is 8.64. The molecule has 8 nitrogen and oxygen atoms in total. The van der Waals surface area contributed by atoms with Gasteiger partial charge in [0, 0.05) is 35.1 Å². The Morgan fingerprint density at radius 1 is 0.667 bits per heavy atom. The molecule has 6 aromatic carbocycles. The monoisotopic (exact) mass is 638 g/mol. The molecular weight excluding hydrogens is 604 g/mol. The first kappa shape index (κ1) is 31.8. The Hall–Kier alpha value is -6.12. The summed E-state index contributed by atoms with van der Waals surface area (Å²) in [6, 6.07) is 33.5. The average molecular weight is 639 g/mol. The van der Waals surface area contributed by atoms with Crippen molar-refractivity contribution in [3.8, 4) is 22.6 Å². The van der Waals surface area contributed by atoms with Gasteiger partial charge in [-0.3, -0.25) is 0 Å². The van der Waals surface area contributed by atoms with Gasteiger partial charge in [0.25, 0.3) is 0 Å². The number of anilines is 2. The fraction of sp³-hybridized carbons (Fsp3) is 0.100. The van der Waals surface area contributed by atoms with Gasteiger partial charge in [-0.1, -0.05) is 84.9 Å². The maximum absolute atomic E-state index is 11.7. The molecule has 7 rings (SSSR count). The van der Waals surface area contributed by atoms with Crippen molar-refractivity contribution >= 4 is 56.5 Å². The van der Waals surface area contributed by atoms with E-state index >= 15 is 0 Å². The maximum atomic E-state index is 11.7. The first-order valence-corrected chi connectivity index (χ1v) is 15.4. The summed E-state index contributed by atoms with van der Waals surface area (Å²) < 4.78 is 0. The second-order valence-electron chi connectivity index (χ2n) is 11.5. The predicted octanol–water partition coefficient (Wildman–Crippen LogP) is 8.39. The minimum atomic E-state index is -1.33. The summed E-state index contributed by atoms with van der Waals surface area (Å²) in [5, 5.41) is 45.9. The quantitative estimate of drug-likeness (QED) is 0.123. The zero-order valence-corrected chi connectivity index (χ0v) is 26.4. The van der Waals surface area contributed by atoms with E-state index in [1.807, 2.05) is 7.05 Å². The Morgan fingerprint density at radius 3 is 1.69 bits per heavy atom. The number of phenols is 2. The third kappa shape index (κ3) is 5.81. The number of carboxylic acids is 2. The van der Waals surface area contributed by atoms with E-state index in [1.165, 1.54) is 40.2 Å². The molecule has 1 aliphatic heterocycles. The number of para-hydroxylation sites is 2. The van der Waals surface area contributed by atoms with Gasteiger partial charge in [-0.15, -0.1) is 0 Å². The Bertz CT molecular complexity index is 2140. The molecule has 1 aliphatic rings. The molecule has 0 saturated carbocycles. The number of carboxylic acid groups (broad SMARTS) is 2. The first-order valence-electron chi connectivity index (χ1n) is 15.4. The van der Waals surface area contributed by atoms with Gasteiger partial charge >= 0.3 is 11.9 Å². The maximum Gasteiger partial charge on any atom is 0.339 e. The zero-order chi connectivity index (χ0) is 33.9. The highest BCUT2D eigenvalue weighted by atomic mass is 16.4. The van der Waals surface area contributed by atoms with Crippen molar-refractivity contribution in [2.24, 2.45) is 0 Å². The van der Waals surface area contributed by atoms with Crippen LogP contribution >= 0.6 is 0 Å². The minimum Gasteiger partial charge on any atom is -0.506 e. The van der Waals surface area contributed by atoms with Gasteiger partial charge in [0.1, 0.15) is 22.6 Å². The lowest BCUT2D eigenvalue weighted by molar-refractivity contribution is 0.0682. The first-order chi connectivity index (χ1) is 23.2. The van der Waals surface area contributed by atoms with E-state index in [2.05, 4.69) is 71.9 Å². The number of aromatic carboxylic acids is 2. The topological polar surface area (TPSA) is 130 Å². The number of hydrogen-bond acceptors (Lipinski definition) is 6. The summed E-state index contributed by atoms with van der Waals surface area (Å²) in [6.45, 7) is 0.992. The minimum absolute atomic E-state index is 0.0762. The van der Waals surface area contributed by atoms with Gasteiger partial charge in [-0.25, -0.2) is 9.59 Å². The lowest BCUT2D eigenvalue weighted by Crippen LogP contribution is -2.12. The summed E-state index contributed by atoms with van der Waals surface area (Å²) in [5.41, 5.74) is 6.04. The van der Waals surface area contributed by atoms with Crippen LogP contribution in [-0.4, -0.2) is 53.0 Å².